The first-order valence-corrected chi connectivity index (χ1v) is 9.28. The molecule has 3 rings (SSSR count). The van der Waals surface area contributed by atoms with Gasteiger partial charge in [0.2, 0.25) is 5.91 Å². The molecule has 0 saturated heterocycles. The number of ether oxygens (including phenoxy) is 1. The topological polar surface area (TPSA) is 70.4 Å². The maximum absolute atomic E-state index is 13.0. The smallest absolute Gasteiger partial charge is 0.336 e. The van der Waals surface area contributed by atoms with E-state index in [1.165, 1.54) is 0 Å². The fourth-order valence-corrected chi connectivity index (χ4v) is 3.58. The van der Waals surface area contributed by atoms with Crippen LogP contribution in [0.1, 0.15) is 42.9 Å². The molecule has 0 radical (unpaired) electrons. The molecule has 28 heavy (non-hydrogen) atoms. The number of nitriles is 1. The van der Waals surface area contributed by atoms with Crippen molar-refractivity contribution in [3.63, 3.8) is 0 Å². The molecule has 142 valence electrons. The Morgan fingerprint density at radius 1 is 1.18 bits per heavy atom. The molecule has 5 nitrogen and oxygen atoms in total. The van der Waals surface area contributed by atoms with Crippen molar-refractivity contribution in [2.45, 2.75) is 32.7 Å². The summed E-state index contributed by atoms with van der Waals surface area (Å²) in [4.78, 5) is 27.3. The first-order chi connectivity index (χ1) is 13.6. The van der Waals surface area contributed by atoms with Crippen LogP contribution in [0.2, 0.25) is 0 Å². The Bertz CT molecular complexity index is 957. The highest BCUT2D eigenvalue weighted by Crippen LogP contribution is 2.37. The van der Waals surface area contributed by atoms with Gasteiger partial charge in [-0.2, -0.15) is 5.26 Å². The summed E-state index contributed by atoms with van der Waals surface area (Å²) < 4.78 is 5.30. The van der Waals surface area contributed by atoms with E-state index in [-0.39, 0.29) is 31.4 Å². The molecule has 2 aromatic carbocycles. The molecule has 1 unspecified atom stereocenters. The zero-order valence-corrected chi connectivity index (χ0v) is 16.0. The molecule has 0 spiro atoms. The largest absolute Gasteiger partial charge is 0.463 e. The molecule has 0 aromatic heterocycles. The fourth-order valence-electron chi connectivity index (χ4n) is 3.58. The molecule has 0 N–H and O–H groups in total. The van der Waals surface area contributed by atoms with Crippen LogP contribution >= 0.6 is 0 Å². The highest BCUT2D eigenvalue weighted by molar-refractivity contribution is 5.95. The predicted octanol–water partition coefficient (Wildman–Crippen LogP) is 3.91. The molecular formula is C23H22N2O3. The Morgan fingerprint density at radius 2 is 1.86 bits per heavy atom. The van der Waals surface area contributed by atoms with Crippen LogP contribution in [-0.4, -0.2) is 23.4 Å². The minimum absolute atomic E-state index is 0.0767. The SMILES string of the molecule is CCOC(=O)C1=C(C)N(Cc2ccccc2C#N)C(=O)CC1c1ccccc1. The van der Waals surface area contributed by atoms with Gasteiger partial charge in [0.1, 0.15) is 0 Å². The number of allylic oxidation sites excluding steroid dienone is 1. The number of hydrogen-bond acceptors (Lipinski definition) is 4. The number of hydrogen-bond donors (Lipinski definition) is 0. The maximum Gasteiger partial charge on any atom is 0.336 e. The molecule has 1 heterocycles. The van der Waals surface area contributed by atoms with Gasteiger partial charge in [0.25, 0.3) is 0 Å². The third kappa shape index (κ3) is 3.81. The minimum atomic E-state index is -0.403. The van der Waals surface area contributed by atoms with Gasteiger partial charge in [-0.3, -0.25) is 4.79 Å². The number of nitrogens with zero attached hydrogens (tertiary/aromatic N) is 2. The molecule has 0 aliphatic carbocycles. The molecule has 1 aliphatic heterocycles. The average Bonchev–Trinajstić information content (AvgIpc) is 2.71. The lowest BCUT2D eigenvalue weighted by Gasteiger charge is -2.34. The van der Waals surface area contributed by atoms with Crippen LogP contribution in [0.4, 0.5) is 0 Å². The van der Waals surface area contributed by atoms with Crippen LogP contribution in [0.25, 0.3) is 0 Å². The summed E-state index contributed by atoms with van der Waals surface area (Å²) in [6.45, 7) is 4.05. The lowest BCUT2D eigenvalue weighted by Crippen LogP contribution is -2.38. The van der Waals surface area contributed by atoms with Crippen molar-refractivity contribution in [3.8, 4) is 6.07 Å². The Kier molecular flexibility index (Phi) is 5.90. The van der Waals surface area contributed by atoms with E-state index in [4.69, 9.17) is 4.74 Å². The summed E-state index contributed by atoms with van der Waals surface area (Å²) in [5.74, 6) is -0.817. The van der Waals surface area contributed by atoms with Gasteiger partial charge in [-0.1, -0.05) is 48.5 Å². The first-order valence-electron chi connectivity index (χ1n) is 9.28. The molecule has 1 aliphatic rings. The van der Waals surface area contributed by atoms with Gasteiger partial charge in [0.15, 0.2) is 0 Å². The van der Waals surface area contributed by atoms with Crippen LogP contribution in [0.5, 0.6) is 0 Å². The summed E-state index contributed by atoms with van der Waals surface area (Å²) in [7, 11) is 0. The Labute approximate surface area is 164 Å². The van der Waals surface area contributed by atoms with Gasteiger partial charge in [-0.25, -0.2) is 4.79 Å². The maximum atomic E-state index is 13.0. The molecule has 0 bridgehead atoms. The van der Waals surface area contributed by atoms with Crippen molar-refractivity contribution in [1.82, 2.24) is 4.90 Å². The van der Waals surface area contributed by atoms with Crippen molar-refractivity contribution in [2.24, 2.45) is 0 Å². The van der Waals surface area contributed by atoms with E-state index in [1.807, 2.05) is 42.5 Å². The van der Waals surface area contributed by atoms with Gasteiger partial charge in [-0.15, -0.1) is 0 Å². The van der Waals surface area contributed by atoms with E-state index in [9.17, 15) is 14.9 Å². The quantitative estimate of drug-likeness (QED) is 0.744. The Morgan fingerprint density at radius 3 is 2.54 bits per heavy atom. The van der Waals surface area contributed by atoms with E-state index in [0.717, 1.165) is 11.1 Å². The summed E-state index contributed by atoms with van der Waals surface area (Å²) in [5, 5.41) is 9.34. The van der Waals surface area contributed by atoms with Crippen molar-refractivity contribution < 1.29 is 14.3 Å². The second-order valence-corrected chi connectivity index (χ2v) is 6.64. The van der Waals surface area contributed by atoms with Crippen LogP contribution < -0.4 is 0 Å². The average molecular weight is 374 g/mol. The van der Waals surface area contributed by atoms with Crippen molar-refractivity contribution in [2.75, 3.05) is 6.61 Å². The summed E-state index contributed by atoms with van der Waals surface area (Å²) in [5.41, 5.74) is 3.26. The molecule has 5 heteroatoms. The highest BCUT2D eigenvalue weighted by Gasteiger charge is 2.36. The Hall–Kier alpha value is -3.39. The van der Waals surface area contributed by atoms with Crippen LogP contribution in [0.15, 0.2) is 65.9 Å². The van der Waals surface area contributed by atoms with E-state index in [0.29, 0.717) is 16.8 Å². The molecule has 1 amide bonds. The summed E-state index contributed by atoms with van der Waals surface area (Å²) in [6.07, 6.45) is 0.185. The number of carbonyl (C=O) groups excluding carboxylic acids is 2. The summed E-state index contributed by atoms with van der Waals surface area (Å²) >= 11 is 0. The number of benzene rings is 2. The minimum Gasteiger partial charge on any atom is -0.463 e. The van der Waals surface area contributed by atoms with Gasteiger partial charge in [0, 0.05) is 18.0 Å². The van der Waals surface area contributed by atoms with Gasteiger partial charge >= 0.3 is 5.97 Å². The molecular weight excluding hydrogens is 352 g/mol. The standard InChI is InChI=1S/C23H22N2O3/c1-3-28-23(27)22-16(2)25(15-19-12-8-7-11-18(19)14-24)21(26)13-20(22)17-9-5-4-6-10-17/h4-12,20H,3,13,15H2,1-2H3. The van der Waals surface area contributed by atoms with E-state index >= 15 is 0 Å². The highest BCUT2D eigenvalue weighted by atomic mass is 16.5. The second-order valence-electron chi connectivity index (χ2n) is 6.64. The van der Waals surface area contributed by atoms with Crippen LogP contribution in [0.3, 0.4) is 0 Å². The van der Waals surface area contributed by atoms with Crippen molar-refractivity contribution in [3.05, 3.63) is 82.6 Å². The van der Waals surface area contributed by atoms with Crippen molar-refractivity contribution >= 4 is 11.9 Å². The molecule has 0 saturated carbocycles. The monoisotopic (exact) mass is 374 g/mol. The van der Waals surface area contributed by atoms with Crippen LogP contribution in [-0.2, 0) is 20.9 Å². The zero-order chi connectivity index (χ0) is 20.1. The molecule has 0 fully saturated rings. The third-order valence-corrected chi connectivity index (χ3v) is 4.99. The predicted molar refractivity (Wildman–Crippen MR) is 105 cm³/mol. The number of carbonyl (C=O) groups is 2. The molecule has 2 aromatic rings. The number of rotatable bonds is 5. The van der Waals surface area contributed by atoms with Gasteiger partial charge < -0.3 is 9.64 Å². The third-order valence-electron chi connectivity index (χ3n) is 4.99. The Balaban J connectivity index is 2.05. The van der Waals surface area contributed by atoms with E-state index in [2.05, 4.69) is 6.07 Å². The lowest BCUT2D eigenvalue weighted by atomic mass is 9.83. The number of amides is 1. The zero-order valence-electron chi connectivity index (χ0n) is 16.0. The number of esters is 1. The first kappa shape index (κ1) is 19.4. The lowest BCUT2D eigenvalue weighted by molar-refractivity contribution is -0.140. The van der Waals surface area contributed by atoms with Crippen molar-refractivity contribution in [1.29, 1.82) is 5.26 Å². The molecule has 1 atom stereocenters. The van der Waals surface area contributed by atoms with Crippen LogP contribution in [0, 0.1) is 11.3 Å². The normalized spacial score (nSPS) is 16.7. The van der Waals surface area contributed by atoms with E-state index < -0.39 is 5.97 Å². The second kappa shape index (κ2) is 8.53. The fraction of sp³-hybridized carbons (Fsp3) is 0.261. The van der Waals surface area contributed by atoms with Gasteiger partial charge in [-0.05, 0) is 31.0 Å². The van der Waals surface area contributed by atoms with Gasteiger partial charge in [0.05, 0.1) is 30.4 Å². The van der Waals surface area contributed by atoms with E-state index in [1.54, 1.807) is 30.9 Å². The summed E-state index contributed by atoms with van der Waals surface area (Å²) in [6, 6.07) is 18.9.